The van der Waals surface area contributed by atoms with Crippen molar-refractivity contribution < 1.29 is 0 Å². The number of nitrogens with one attached hydrogen (secondary N) is 1. The molecule has 1 saturated carbocycles. The van der Waals surface area contributed by atoms with Crippen LogP contribution in [-0.4, -0.2) is 22.5 Å². The van der Waals surface area contributed by atoms with Crippen LogP contribution in [0.3, 0.4) is 0 Å². The number of aryl methyl sites for hydroxylation is 2. The highest BCUT2D eigenvalue weighted by atomic mass is 32.2. The van der Waals surface area contributed by atoms with E-state index in [2.05, 4.69) is 17.6 Å². The van der Waals surface area contributed by atoms with E-state index in [1.807, 2.05) is 17.8 Å². The first-order valence-corrected chi connectivity index (χ1v) is 8.33. The van der Waals surface area contributed by atoms with Crippen LogP contribution < -0.4 is 5.32 Å². The average molecular weight is 273 g/mol. The minimum absolute atomic E-state index is 0.467. The molecule has 19 heavy (non-hydrogen) atoms. The third kappa shape index (κ3) is 2.44. The minimum atomic E-state index is 0.467. The molecule has 3 nitrogen and oxygen atoms in total. The molecule has 2 atom stereocenters. The van der Waals surface area contributed by atoms with Gasteiger partial charge in [-0.25, -0.2) is 4.98 Å². The number of aromatic nitrogens is 1. The summed E-state index contributed by atoms with van der Waals surface area (Å²) in [6.45, 7) is 0. The molecule has 2 aliphatic rings. The van der Waals surface area contributed by atoms with Gasteiger partial charge in [-0.1, -0.05) is 6.42 Å². The van der Waals surface area contributed by atoms with Gasteiger partial charge in [0.1, 0.15) is 11.9 Å². The van der Waals surface area contributed by atoms with Crippen LogP contribution in [0.4, 0.5) is 5.82 Å². The molecule has 0 aliphatic heterocycles. The van der Waals surface area contributed by atoms with Gasteiger partial charge in [0, 0.05) is 17.0 Å². The van der Waals surface area contributed by atoms with E-state index in [1.165, 1.54) is 36.9 Å². The molecule has 1 fully saturated rings. The second-order valence-corrected chi connectivity index (χ2v) is 6.49. The van der Waals surface area contributed by atoms with Gasteiger partial charge in [-0.15, -0.1) is 0 Å². The SMILES string of the molecule is CSC1CCCC1Nc1nc2c(cc1C#N)CCC2. The third-order valence-corrected chi connectivity index (χ3v) is 5.42. The van der Waals surface area contributed by atoms with Crippen molar-refractivity contribution in [3.8, 4) is 6.07 Å². The number of hydrogen-bond donors (Lipinski definition) is 1. The predicted molar refractivity (Wildman–Crippen MR) is 79.5 cm³/mol. The summed E-state index contributed by atoms with van der Waals surface area (Å²) < 4.78 is 0. The highest BCUT2D eigenvalue weighted by molar-refractivity contribution is 7.99. The Balaban J connectivity index is 1.86. The van der Waals surface area contributed by atoms with E-state index in [0.29, 0.717) is 16.9 Å². The lowest BCUT2D eigenvalue weighted by molar-refractivity contribution is 0.761. The lowest BCUT2D eigenvalue weighted by Gasteiger charge is -2.20. The van der Waals surface area contributed by atoms with Crippen LogP contribution in [-0.2, 0) is 12.8 Å². The lowest BCUT2D eigenvalue weighted by atomic mass is 10.1. The number of fused-ring (bicyclic) bond motifs is 1. The number of thioether (sulfide) groups is 1. The van der Waals surface area contributed by atoms with Gasteiger partial charge in [0.15, 0.2) is 0 Å². The Morgan fingerprint density at radius 1 is 1.37 bits per heavy atom. The summed E-state index contributed by atoms with van der Waals surface area (Å²) in [7, 11) is 0. The summed E-state index contributed by atoms with van der Waals surface area (Å²) >= 11 is 1.93. The van der Waals surface area contributed by atoms with Crippen molar-refractivity contribution in [1.82, 2.24) is 4.98 Å². The topological polar surface area (TPSA) is 48.7 Å². The zero-order valence-corrected chi connectivity index (χ0v) is 12.1. The number of anilines is 1. The van der Waals surface area contributed by atoms with Crippen LogP contribution in [0.5, 0.6) is 0 Å². The molecule has 2 unspecified atom stereocenters. The number of nitrogens with zero attached hydrogens (tertiary/aromatic N) is 2. The molecular formula is C15H19N3S. The van der Waals surface area contributed by atoms with Crippen molar-refractivity contribution in [3.63, 3.8) is 0 Å². The van der Waals surface area contributed by atoms with Crippen LogP contribution in [0.15, 0.2) is 6.07 Å². The molecule has 100 valence electrons. The van der Waals surface area contributed by atoms with Gasteiger partial charge < -0.3 is 5.32 Å². The average Bonchev–Trinajstić information content (AvgIpc) is 3.05. The number of pyridine rings is 1. The van der Waals surface area contributed by atoms with E-state index in [9.17, 15) is 5.26 Å². The summed E-state index contributed by atoms with van der Waals surface area (Å²) in [5.74, 6) is 0.814. The smallest absolute Gasteiger partial charge is 0.144 e. The standard InChI is InChI=1S/C15H19N3S/c1-19-14-7-3-6-13(14)18-15-11(9-16)8-10-4-2-5-12(10)17-15/h8,13-14H,2-7H2,1H3,(H,17,18). The molecule has 1 N–H and O–H groups in total. The van der Waals surface area contributed by atoms with E-state index in [4.69, 9.17) is 4.98 Å². The molecule has 0 bridgehead atoms. The summed E-state index contributed by atoms with van der Waals surface area (Å²) in [6.07, 6.45) is 9.22. The van der Waals surface area contributed by atoms with E-state index < -0.39 is 0 Å². The largest absolute Gasteiger partial charge is 0.365 e. The second kappa shape index (κ2) is 5.42. The molecule has 2 aliphatic carbocycles. The van der Waals surface area contributed by atoms with E-state index >= 15 is 0 Å². The van der Waals surface area contributed by atoms with Crippen molar-refractivity contribution in [2.24, 2.45) is 0 Å². The maximum Gasteiger partial charge on any atom is 0.144 e. The van der Waals surface area contributed by atoms with Gasteiger partial charge >= 0.3 is 0 Å². The zero-order valence-electron chi connectivity index (χ0n) is 11.3. The Labute approximate surface area is 118 Å². The Morgan fingerprint density at radius 2 is 2.26 bits per heavy atom. The van der Waals surface area contributed by atoms with Crippen LogP contribution in [0.1, 0.15) is 42.5 Å². The molecule has 0 radical (unpaired) electrons. The van der Waals surface area contributed by atoms with Crippen LogP contribution in [0, 0.1) is 11.3 Å². The number of rotatable bonds is 3. The predicted octanol–water partition coefficient (Wildman–Crippen LogP) is 3.14. The maximum absolute atomic E-state index is 9.31. The quantitative estimate of drug-likeness (QED) is 0.919. The van der Waals surface area contributed by atoms with Crippen molar-refractivity contribution >= 4 is 17.6 Å². The Kier molecular flexibility index (Phi) is 3.65. The van der Waals surface area contributed by atoms with E-state index in [0.717, 1.165) is 18.7 Å². The summed E-state index contributed by atoms with van der Waals surface area (Å²) in [6, 6.07) is 4.81. The molecule has 4 heteroatoms. The van der Waals surface area contributed by atoms with Crippen molar-refractivity contribution in [2.75, 3.05) is 11.6 Å². The van der Waals surface area contributed by atoms with Gasteiger partial charge in [-0.3, -0.25) is 0 Å². The summed E-state index contributed by atoms with van der Waals surface area (Å²) in [4.78, 5) is 4.71. The molecule has 1 aromatic heterocycles. The number of hydrogen-bond acceptors (Lipinski definition) is 4. The molecule has 1 heterocycles. The van der Waals surface area contributed by atoms with Gasteiger partial charge in [0.25, 0.3) is 0 Å². The molecule has 3 rings (SSSR count). The molecule has 0 aromatic carbocycles. The molecule has 1 aromatic rings. The Hall–Kier alpha value is -1.21. The summed E-state index contributed by atoms with van der Waals surface area (Å²) in [5, 5.41) is 13.5. The van der Waals surface area contributed by atoms with Gasteiger partial charge in [0.05, 0.1) is 5.56 Å². The first-order chi connectivity index (χ1) is 9.31. The van der Waals surface area contributed by atoms with Gasteiger partial charge in [-0.2, -0.15) is 17.0 Å². The highest BCUT2D eigenvalue weighted by Crippen LogP contribution is 2.32. The fraction of sp³-hybridized carbons (Fsp3) is 0.600. The van der Waals surface area contributed by atoms with Crippen LogP contribution in [0.2, 0.25) is 0 Å². The van der Waals surface area contributed by atoms with E-state index in [-0.39, 0.29) is 0 Å². The monoisotopic (exact) mass is 273 g/mol. The second-order valence-electron chi connectivity index (χ2n) is 5.41. The molecule has 0 amide bonds. The lowest BCUT2D eigenvalue weighted by Crippen LogP contribution is -2.27. The molecular weight excluding hydrogens is 254 g/mol. The van der Waals surface area contributed by atoms with Crippen LogP contribution in [0.25, 0.3) is 0 Å². The molecule has 0 saturated heterocycles. The fourth-order valence-corrected chi connectivity index (χ4v) is 4.15. The number of nitriles is 1. The highest BCUT2D eigenvalue weighted by Gasteiger charge is 2.28. The van der Waals surface area contributed by atoms with Gasteiger partial charge in [0.2, 0.25) is 0 Å². The van der Waals surface area contributed by atoms with Crippen LogP contribution >= 0.6 is 11.8 Å². The Morgan fingerprint density at radius 3 is 3.05 bits per heavy atom. The van der Waals surface area contributed by atoms with E-state index in [1.54, 1.807) is 0 Å². The maximum atomic E-state index is 9.31. The van der Waals surface area contributed by atoms with Crippen molar-refractivity contribution in [3.05, 3.63) is 22.9 Å². The zero-order chi connectivity index (χ0) is 13.2. The van der Waals surface area contributed by atoms with Crippen molar-refractivity contribution in [2.45, 2.75) is 49.8 Å². The minimum Gasteiger partial charge on any atom is -0.365 e. The van der Waals surface area contributed by atoms with Gasteiger partial charge in [-0.05, 0) is 50.0 Å². The normalized spacial score (nSPS) is 25.1. The first kappa shape index (κ1) is 12.8. The third-order valence-electron chi connectivity index (χ3n) is 4.25. The molecule has 0 spiro atoms. The fourth-order valence-electron chi connectivity index (χ4n) is 3.22. The first-order valence-electron chi connectivity index (χ1n) is 7.04. The van der Waals surface area contributed by atoms with Crippen molar-refractivity contribution in [1.29, 1.82) is 5.26 Å². The Bertz CT molecular complexity index is 521. The summed E-state index contributed by atoms with van der Waals surface area (Å²) in [5.41, 5.74) is 3.18.